The highest BCUT2D eigenvalue weighted by Gasteiger charge is 2.35. The summed E-state index contributed by atoms with van der Waals surface area (Å²) in [6.45, 7) is 5.91. The number of fused-ring (bicyclic) bond motifs is 1. The van der Waals surface area contributed by atoms with Gasteiger partial charge in [-0.15, -0.1) is 0 Å². The summed E-state index contributed by atoms with van der Waals surface area (Å²) < 4.78 is 35.3. The molecule has 3 heterocycles. The molecule has 2 saturated heterocycles. The summed E-state index contributed by atoms with van der Waals surface area (Å²) in [6.07, 6.45) is 3.41. The molecule has 2 aliphatic heterocycles. The van der Waals surface area contributed by atoms with E-state index in [9.17, 15) is 13.2 Å². The van der Waals surface area contributed by atoms with Gasteiger partial charge in [-0.2, -0.15) is 4.31 Å². The summed E-state index contributed by atoms with van der Waals surface area (Å²) in [5.41, 5.74) is 1.03. The highest BCUT2D eigenvalue weighted by Crippen LogP contribution is 2.27. The van der Waals surface area contributed by atoms with Crippen molar-refractivity contribution in [2.45, 2.75) is 31.2 Å². The average Bonchev–Trinajstić information content (AvgIpc) is 3.16. The summed E-state index contributed by atoms with van der Waals surface area (Å²) in [6, 6.07) is 7.23. The van der Waals surface area contributed by atoms with Crippen LogP contribution in [0.2, 0.25) is 0 Å². The molecule has 1 aromatic heterocycles. The molecular weight excluding hydrogens is 378 g/mol. The number of rotatable bonds is 4. The van der Waals surface area contributed by atoms with E-state index in [1.807, 2.05) is 23.2 Å². The van der Waals surface area contributed by atoms with E-state index in [2.05, 4.69) is 11.5 Å². The van der Waals surface area contributed by atoms with E-state index < -0.39 is 10.0 Å². The molecule has 2 aromatic rings. The number of benzene rings is 1. The van der Waals surface area contributed by atoms with E-state index >= 15 is 0 Å². The standard InChI is InChI=1S/C20H27N3O4S/c1-2-21-9-7-16-14-18(5-6-19(16)21)28(25,26)23-8-3-4-17(15-23)20(24)22-10-12-27-13-11-22/h5-7,9,14,17H,2-4,8,10-13,15H2,1H3/t17-/m0/s1. The molecule has 1 amide bonds. The number of carbonyl (C=O) groups is 1. The Morgan fingerprint density at radius 3 is 2.71 bits per heavy atom. The average molecular weight is 406 g/mol. The van der Waals surface area contributed by atoms with Crippen LogP contribution in [0.15, 0.2) is 35.4 Å². The topological polar surface area (TPSA) is 71.9 Å². The Hall–Kier alpha value is -1.90. The van der Waals surface area contributed by atoms with Crippen LogP contribution in [0.25, 0.3) is 10.9 Å². The van der Waals surface area contributed by atoms with Gasteiger partial charge in [0, 0.05) is 49.8 Å². The SMILES string of the molecule is CCn1ccc2cc(S(=O)(=O)N3CCC[C@H](C(=O)N4CCOCC4)C3)ccc21. The molecule has 0 saturated carbocycles. The number of hydrogen-bond donors (Lipinski definition) is 0. The molecule has 0 radical (unpaired) electrons. The Morgan fingerprint density at radius 1 is 1.18 bits per heavy atom. The van der Waals surface area contributed by atoms with Gasteiger partial charge in [0.05, 0.1) is 24.0 Å². The fraction of sp³-hybridized carbons (Fsp3) is 0.550. The van der Waals surface area contributed by atoms with Crippen LogP contribution in [0.1, 0.15) is 19.8 Å². The van der Waals surface area contributed by atoms with Gasteiger partial charge in [-0.05, 0) is 44.0 Å². The van der Waals surface area contributed by atoms with Crippen LogP contribution in [-0.2, 0) is 26.1 Å². The van der Waals surface area contributed by atoms with E-state index in [1.165, 1.54) is 4.31 Å². The smallest absolute Gasteiger partial charge is 0.243 e. The zero-order valence-corrected chi connectivity index (χ0v) is 17.0. The van der Waals surface area contributed by atoms with Crippen molar-refractivity contribution in [1.29, 1.82) is 0 Å². The number of carbonyl (C=O) groups excluding carboxylic acids is 1. The molecule has 2 aliphatic rings. The Kier molecular flexibility index (Phi) is 5.44. The summed E-state index contributed by atoms with van der Waals surface area (Å²) in [4.78, 5) is 14.9. The molecule has 4 rings (SSSR count). The zero-order valence-electron chi connectivity index (χ0n) is 16.2. The predicted molar refractivity (Wildman–Crippen MR) is 106 cm³/mol. The zero-order chi connectivity index (χ0) is 19.7. The summed E-state index contributed by atoms with van der Waals surface area (Å²) in [5, 5.41) is 0.917. The van der Waals surface area contributed by atoms with Gasteiger partial charge >= 0.3 is 0 Å². The number of amides is 1. The first-order chi connectivity index (χ1) is 13.5. The Labute approximate surface area is 165 Å². The second kappa shape index (κ2) is 7.85. The van der Waals surface area contributed by atoms with Crippen LogP contribution in [-0.4, -0.2) is 67.5 Å². The molecule has 0 aliphatic carbocycles. The number of morpholine rings is 1. The second-order valence-electron chi connectivity index (χ2n) is 7.46. The fourth-order valence-corrected chi connectivity index (χ4v) is 5.73. The Morgan fingerprint density at radius 2 is 1.96 bits per heavy atom. The van der Waals surface area contributed by atoms with E-state index in [4.69, 9.17) is 4.74 Å². The normalized spacial score (nSPS) is 21.9. The molecule has 152 valence electrons. The Balaban J connectivity index is 1.54. The minimum atomic E-state index is -3.62. The molecular formula is C20H27N3O4S. The number of hydrogen-bond acceptors (Lipinski definition) is 4. The number of sulfonamides is 1. The summed E-state index contributed by atoms with van der Waals surface area (Å²) in [7, 11) is -3.62. The molecule has 1 atom stereocenters. The van der Waals surface area contributed by atoms with Gasteiger partial charge in [0.1, 0.15) is 0 Å². The van der Waals surface area contributed by atoms with Crippen molar-refractivity contribution < 1.29 is 17.9 Å². The molecule has 0 N–H and O–H groups in total. The lowest BCUT2D eigenvalue weighted by Gasteiger charge is -2.35. The minimum absolute atomic E-state index is 0.0543. The lowest BCUT2D eigenvalue weighted by atomic mass is 9.98. The van der Waals surface area contributed by atoms with Crippen molar-refractivity contribution >= 4 is 26.8 Å². The number of aromatic nitrogens is 1. The third-order valence-corrected chi connectivity index (χ3v) is 7.64. The number of ether oxygens (including phenoxy) is 1. The van der Waals surface area contributed by atoms with E-state index in [1.54, 1.807) is 12.1 Å². The minimum Gasteiger partial charge on any atom is -0.378 e. The van der Waals surface area contributed by atoms with Crippen molar-refractivity contribution in [3.05, 3.63) is 30.5 Å². The van der Waals surface area contributed by atoms with Gasteiger partial charge in [0.2, 0.25) is 15.9 Å². The number of aryl methyl sites for hydroxylation is 1. The maximum Gasteiger partial charge on any atom is 0.243 e. The fourth-order valence-electron chi connectivity index (χ4n) is 4.17. The third-order valence-electron chi connectivity index (χ3n) is 5.78. The van der Waals surface area contributed by atoms with Gasteiger partial charge in [-0.3, -0.25) is 4.79 Å². The van der Waals surface area contributed by atoms with Crippen molar-refractivity contribution in [2.24, 2.45) is 5.92 Å². The van der Waals surface area contributed by atoms with Crippen LogP contribution in [0.4, 0.5) is 0 Å². The largest absolute Gasteiger partial charge is 0.378 e. The molecule has 7 nitrogen and oxygen atoms in total. The maximum atomic E-state index is 13.2. The van der Waals surface area contributed by atoms with Gasteiger partial charge in [-0.1, -0.05) is 0 Å². The molecule has 0 bridgehead atoms. The Bertz CT molecular complexity index is 963. The van der Waals surface area contributed by atoms with Crippen molar-refractivity contribution in [3.63, 3.8) is 0 Å². The monoisotopic (exact) mass is 405 g/mol. The van der Waals surface area contributed by atoms with Gasteiger partial charge in [0.25, 0.3) is 0 Å². The second-order valence-corrected chi connectivity index (χ2v) is 9.40. The third kappa shape index (κ3) is 3.56. The van der Waals surface area contributed by atoms with Crippen LogP contribution in [0.5, 0.6) is 0 Å². The van der Waals surface area contributed by atoms with Crippen LogP contribution >= 0.6 is 0 Å². The van der Waals surface area contributed by atoms with E-state index in [0.29, 0.717) is 44.2 Å². The number of piperidine rings is 1. The van der Waals surface area contributed by atoms with E-state index in [0.717, 1.165) is 23.9 Å². The van der Waals surface area contributed by atoms with Gasteiger partial charge in [0.15, 0.2) is 0 Å². The van der Waals surface area contributed by atoms with Crippen molar-refractivity contribution in [1.82, 2.24) is 13.8 Å². The van der Waals surface area contributed by atoms with Crippen molar-refractivity contribution in [2.75, 3.05) is 39.4 Å². The lowest BCUT2D eigenvalue weighted by molar-refractivity contribution is -0.140. The van der Waals surface area contributed by atoms with E-state index in [-0.39, 0.29) is 18.4 Å². The molecule has 28 heavy (non-hydrogen) atoms. The first-order valence-electron chi connectivity index (χ1n) is 9.96. The molecule has 0 spiro atoms. The first kappa shape index (κ1) is 19.4. The summed E-state index contributed by atoms with van der Waals surface area (Å²) in [5.74, 6) is -0.217. The summed E-state index contributed by atoms with van der Waals surface area (Å²) >= 11 is 0. The lowest BCUT2D eigenvalue weighted by Crippen LogP contribution is -2.49. The first-order valence-corrected chi connectivity index (χ1v) is 11.4. The van der Waals surface area contributed by atoms with Crippen LogP contribution in [0.3, 0.4) is 0 Å². The van der Waals surface area contributed by atoms with Gasteiger partial charge < -0.3 is 14.2 Å². The quantitative estimate of drug-likeness (QED) is 0.779. The van der Waals surface area contributed by atoms with Gasteiger partial charge in [-0.25, -0.2) is 8.42 Å². The van der Waals surface area contributed by atoms with Crippen molar-refractivity contribution in [3.8, 4) is 0 Å². The highest BCUT2D eigenvalue weighted by molar-refractivity contribution is 7.89. The molecule has 8 heteroatoms. The molecule has 0 unspecified atom stereocenters. The van der Waals surface area contributed by atoms with Crippen LogP contribution < -0.4 is 0 Å². The number of nitrogens with zero attached hydrogens (tertiary/aromatic N) is 3. The highest BCUT2D eigenvalue weighted by atomic mass is 32.2. The molecule has 1 aromatic carbocycles. The van der Waals surface area contributed by atoms with Crippen LogP contribution in [0, 0.1) is 5.92 Å². The maximum absolute atomic E-state index is 13.2. The predicted octanol–water partition coefficient (Wildman–Crippen LogP) is 1.92. The molecule has 2 fully saturated rings.